The number of carbonyl (C=O) groups is 1. The van der Waals surface area contributed by atoms with Crippen molar-refractivity contribution in [2.45, 2.75) is 4.90 Å². The maximum absolute atomic E-state index is 13.1. The average molecular weight is 499 g/mol. The summed E-state index contributed by atoms with van der Waals surface area (Å²) in [6, 6.07) is 27.4. The molecule has 9 heteroatoms. The van der Waals surface area contributed by atoms with Gasteiger partial charge in [-0.15, -0.1) is 0 Å². The molecule has 1 heterocycles. The number of ether oxygens (including phenoxy) is 1. The number of aromatic nitrogens is 2. The van der Waals surface area contributed by atoms with Gasteiger partial charge in [0.1, 0.15) is 11.6 Å². The Morgan fingerprint density at radius 3 is 2.42 bits per heavy atom. The van der Waals surface area contributed by atoms with Crippen LogP contribution in [0, 0.1) is 0 Å². The predicted molar refractivity (Wildman–Crippen MR) is 140 cm³/mol. The molecule has 0 aliphatic carbocycles. The molecule has 4 aromatic carbocycles. The van der Waals surface area contributed by atoms with Crippen LogP contribution in [0.5, 0.6) is 5.75 Å². The number of aromatic amines is 1. The molecule has 0 fully saturated rings. The van der Waals surface area contributed by atoms with Crippen molar-refractivity contribution in [3.63, 3.8) is 0 Å². The van der Waals surface area contributed by atoms with Gasteiger partial charge in [0.2, 0.25) is 0 Å². The molecule has 8 nitrogen and oxygen atoms in total. The summed E-state index contributed by atoms with van der Waals surface area (Å²) >= 11 is 0. The lowest BCUT2D eigenvalue weighted by atomic mass is 10.1. The number of H-pyrrole nitrogens is 1. The second-order valence-corrected chi connectivity index (χ2v) is 9.65. The fraction of sp³-hybridized carbons (Fsp3) is 0.0370. The monoisotopic (exact) mass is 498 g/mol. The molecule has 36 heavy (non-hydrogen) atoms. The first-order chi connectivity index (χ1) is 17.4. The summed E-state index contributed by atoms with van der Waals surface area (Å²) < 4.78 is 33.2. The van der Waals surface area contributed by atoms with Gasteiger partial charge in [0.05, 0.1) is 28.7 Å². The molecule has 0 atom stereocenters. The molecular formula is C27H22N4O4S. The number of imidazole rings is 1. The van der Waals surface area contributed by atoms with E-state index in [1.807, 2.05) is 42.5 Å². The molecule has 0 saturated carbocycles. The van der Waals surface area contributed by atoms with Crippen molar-refractivity contribution < 1.29 is 17.9 Å². The number of hydrogen-bond donors (Lipinski definition) is 3. The zero-order chi connectivity index (χ0) is 25.1. The molecule has 0 unspecified atom stereocenters. The van der Waals surface area contributed by atoms with Gasteiger partial charge in [-0.2, -0.15) is 0 Å². The summed E-state index contributed by atoms with van der Waals surface area (Å²) in [6.45, 7) is 0. The Hall–Kier alpha value is -4.63. The number of rotatable bonds is 7. The van der Waals surface area contributed by atoms with Crippen LogP contribution < -0.4 is 14.8 Å². The number of benzene rings is 4. The van der Waals surface area contributed by atoms with E-state index in [-0.39, 0.29) is 16.5 Å². The van der Waals surface area contributed by atoms with Gasteiger partial charge in [-0.1, -0.05) is 30.3 Å². The summed E-state index contributed by atoms with van der Waals surface area (Å²) in [5.41, 5.74) is 3.59. The number of methoxy groups -OCH3 is 1. The van der Waals surface area contributed by atoms with E-state index >= 15 is 0 Å². The second-order valence-electron chi connectivity index (χ2n) is 7.96. The highest BCUT2D eigenvalue weighted by atomic mass is 32.2. The normalized spacial score (nSPS) is 11.2. The summed E-state index contributed by atoms with van der Waals surface area (Å²) in [4.78, 5) is 21.1. The first-order valence-corrected chi connectivity index (χ1v) is 12.5. The highest BCUT2D eigenvalue weighted by molar-refractivity contribution is 7.92. The van der Waals surface area contributed by atoms with Crippen molar-refractivity contribution in [1.82, 2.24) is 9.97 Å². The van der Waals surface area contributed by atoms with E-state index < -0.39 is 10.0 Å². The number of carbonyl (C=O) groups excluding carboxylic acids is 1. The standard InChI is InChI=1S/C27H22N4O4S/c1-35-20-13-15-21(16-14-20)36(33,34)31-19-8-6-7-18(17-19)27(32)30-23-10-3-2-9-22(23)26-28-24-11-4-5-12-25(24)29-26/h2-17,31H,1H3,(H,28,29)(H,30,32). The zero-order valence-corrected chi connectivity index (χ0v) is 20.0. The van der Waals surface area contributed by atoms with Gasteiger partial charge in [0.25, 0.3) is 15.9 Å². The Morgan fingerprint density at radius 1 is 0.889 bits per heavy atom. The van der Waals surface area contributed by atoms with Gasteiger partial charge in [-0.25, -0.2) is 13.4 Å². The third-order valence-corrected chi connectivity index (χ3v) is 6.96. The van der Waals surface area contributed by atoms with Crippen LogP contribution in [0.15, 0.2) is 102 Å². The lowest BCUT2D eigenvalue weighted by Gasteiger charge is -2.12. The lowest BCUT2D eigenvalue weighted by molar-refractivity contribution is 0.102. The molecule has 0 aliphatic rings. The van der Waals surface area contributed by atoms with Crippen molar-refractivity contribution in [1.29, 1.82) is 0 Å². The Morgan fingerprint density at radius 2 is 1.64 bits per heavy atom. The van der Waals surface area contributed by atoms with E-state index in [4.69, 9.17) is 4.74 Å². The largest absolute Gasteiger partial charge is 0.497 e. The van der Waals surface area contributed by atoms with Crippen LogP contribution in [-0.2, 0) is 10.0 Å². The van der Waals surface area contributed by atoms with Gasteiger partial charge in [-0.3, -0.25) is 9.52 Å². The number of fused-ring (bicyclic) bond motifs is 1. The first kappa shape index (κ1) is 23.1. The fourth-order valence-electron chi connectivity index (χ4n) is 3.77. The maximum Gasteiger partial charge on any atom is 0.261 e. The van der Waals surface area contributed by atoms with Crippen molar-refractivity contribution in [3.8, 4) is 17.1 Å². The van der Waals surface area contributed by atoms with Crippen LogP contribution >= 0.6 is 0 Å². The summed E-state index contributed by atoms with van der Waals surface area (Å²) in [5.74, 6) is 0.799. The SMILES string of the molecule is COc1ccc(S(=O)(=O)Nc2cccc(C(=O)Nc3ccccc3-c3nc4ccccc4[nH]3)c2)cc1. The highest BCUT2D eigenvalue weighted by Crippen LogP contribution is 2.28. The minimum Gasteiger partial charge on any atom is -0.497 e. The summed E-state index contributed by atoms with van der Waals surface area (Å²) in [7, 11) is -2.34. The number of amides is 1. The Labute approximate surface area is 208 Å². The van der Waals surface area contributed by atoms with E-state index in [1.165, 1.54) is 25.3 Å². The van der Waals surface area contributed by atoms with E-state index in [1.54, 1.807) is 36.4 Å². The van der Waals surface area contributed by atoms with Crippen LogP contribution in [0.1, 0.15) is 10.4 Å². The molecule has 5 rings (SSSR count). The number of nitrogens with one attached hydrogen (secondary N) is 3. The van der Waals surface area contributed by atoms with Crippen LogP contribution in [-0.4, -0.2) is 31.4 Å². The van der Waals surface area contributed by atoms with Gasteiger partial charge >= 0.3 is 0 Å². The van der Waals surface area contributed by atoms with Crippen molar-refractivity contribution in [2.75, 3.05) is 17.1 Å². The van der Waals surface area contributed by atoms with E-state index in [0.717, 1.165) is 16.6 Å². The first-order valence-electron chi connectivity index (χ1n) is 11.1. The van der Waals surface area contributed by atoms with Crippen molar-refractivity contribution in [3.05, 3.63) is 103 Å². The smallest absolute Gasteiger partial charge is 0.261 e. The second kappa shape index (κ2) is 9.55. The number of anilines is 2. The van der Waals surface area contributed by atoms with Gasteiger partial charge < -0.3 is 15.0 Å². The highest BCUT2D eigenvalue weighted by Gasteiger charge is 2.17. The van der Waals surface area contributed by atoms with Crippen molar-refractivity contribution in [2.24, 2.45) is 0 Å². The molecule has 3 N–H and O–H groups in total. The summed E-state index contributed by atoms with van der Waals surface area (Å²) in [5, 5.41) is 2.91. The molecule has 0 aliphatic heterocycles. The molecule has 1 aromatic heterocycles. The van der Waals surface area contributed by atoms with Crippen molar-refractivity contribution >= 4 is 38.3 Å². The maximum atomic E-state index is 13.1. The molecule has 0 bridgehead atoms. The molecule has 0 spiro atoms. The quantitative estimate of drug-likeness (QED) is 0.282. The summed E-state index contributed by atoms with van der Waals surface area (Å²) in [6.07, 6.45) is 0. The topological polar surface area (TPSA) is 113 Å². The van der Waals surface area contributed by atoms with Gasteiger partial charge in [0, 0.05) is 16.8 Å². The third-order valence-electron chi connectivity index (χ3n) is 5.57. The molecule has 0 saturated heterocycles. The van der Waals surface area contributed by atoms with Crippen LogP contribution in [0.3, 0.4) is 0 Å². The Balaban J connectivity index is 1.37. The van der Waals surface area contributed by atoms with Crippen LogP contribution in [0.2, 0.25) is 0 Å². The van der Waals surface area contributed by atoms with Crippen LogP contribution in [0.25, 0.3) is 22.4 Å². The molecule has 5 aromatic rings. The van der Waals surface area contributed by atoms with E-state index in [0.29, 0.717) is 22.8 Å². The van der Waals surface area contributed by atoms with Gasteiger partial charge in [-0.05, 0) is 66.7 Å². The Bertz CT molecular complexity index is 1630. The predicted octanol–water partition coefficient (Wildman–Crippen LogP) is 5.29. The third kappa shape index (κ3) is 4.77. The van der Waals surface area contributed by atoms with Gasteiger partial charge in [0.15, 0.2) is 0 Å². The molecular weight excluding hydrogens is 476 g/mol. The van der Waals surface area contributed by atoms with E-state index in [9.17, 15) is 13.2 Å². The zero-order valence-electron chi connectivity index (χ0n) is 19.2. The Kier molecular flexibility index (Phi) is 6.14. The van der Waals surface area contributed by atoms with Crippen LogP contribution in [0.4, 0.5) is 11.4 Å². The number of sulfonamides is 1. The minimum absolute atomic E-state index is 0.0814. The minimum atomic E-state index is -3.84. The number of para-hydroxylation sites is 3. The number of nitrogens with zero attached hydrogens (tertiary/aromatic N) is 1. The van der Waals surface area contributed by atoms with E-state index in [2.05, 4.69) is 20.0 Å². The molecule has 0 radical (unpaired) electrons. The molecule has 180 valence electrons. The number of hydrogen-bond acceptors (Lipinski definition) is 5. The fourth-order valence-corrected chi connectivity index (χ4v) is 4.82. The average Bonchev–Trinajstić information content (AvgIpc) is 3.33. The lowest BCUT2D eigenvalue weighted by Crippen LogP contribution is -2.15. The molecule has 1 amide bonds.